The number of thioether (sulfide) groups is 1. The molecule has 1 N–H and O–H groups in total. The van der Waals surface area contributed by atoms with E-state index in [0.29, 0.717) is 58.8 Å². The van der Waals surface area contributed by atoms with Gasteiger partial charge in [0.05, 0.1) is 42.4 Å². The van der Waals surface area contributed by atoms with Crippen LogP contribution in [0.25, 0.3) is 0 Å². The number of benzene rings is 1. The van der Waals surface area contributed by atoms with Crippen LogP contribution in [0.3, 0.4) is 0 Å². The van der Waals surface area contributed by atoms with E-state index in [1.165, 1.54) is 0 Å². The van der Waals surface area contributed by atoms with Crippen molar-refractivity contribution in [2.45, 2.75) is 61.1 Å². The van der Waals surface area contributed by atoms with Gasteiger partial charge < -0.3 is 24.5 Å². The third-order valence-corrected chi connectivity index (χ3v) is 12.2. The molecule has 2 bridgehead atoms. The molecule has 1 spiro atoms. The first kappa shape index (κ1) is 33.7. The van der Waals surface area contributed by atoms with Crippen LogP contribution in [-0.2, 0) is 25.5 Å². The number of aliphatic hydroxyl groups is 1. The first-order valence-electron chi connectivity index (χ1n) is 16.5. The van der Waals surface area contributed by atoms with Crippen LogP contribution in [0, 0.1) is 11.8 Å². The van der Waals surface area contributed by atoms with Crippen molar-refractivity contribution < 1.29 is 24.2 Å². The monoisotopic (exact) mass is 638 g/mol. The summed E-state index contributed by atoms with van der Waals surface area (Å²) in [7, 11) is 0. The minimum atomic E-state index is -0.788. The van der Waals surface area contributed by atoms with Crippen molar-refractivity contribution in [2.75, 3.05) is 65.6 Å². The lowest BCUT2D eigenvalue weighted by Crippen LogP contribution is -2.58. The third-order valence-electron chi connectivity index (χ3n) is 10.2. The van der Waals surface area contributed by atoms with Crippen molar-refractivity contribution in [1.82, 2.24) is 19.6 Å². The van der Waals surface area contributed by atoms with Crippen LogP contribution in [0.1, 0.15) is 38.7 Å². The predicted molar refractivity (Wildman–Crippen MR) is 178 cm³/mol. The second-order valence-electron chi connectivity index (χ2n) is 13.1. The molecule has 2 unspecified atom stereocenters. The van der Waals surface area contributed by atoms with E-state index in [1.54, 1.807) is 28.8 Å². The topological polar surface area (TPSA) is 93.6 Å². The Balaban J connectivity index is 1.54. The fourth-order valence-electron chi connectivity index (χ4n) is 8.17. The number of likely N-dealkylation sites (tertiary alicyclic amines) is 1. The number of nitrogens with zero attached hydrogens (tertiary/aromatic N) is 4. The van der Waals surface area contributed by atoms with Crippen molar-refractivity contribution in [1.29, 1.82) is 0 Å². The second kappa shape index (κ2) is 14.4. The zero-order valence-corrected chi connectivity index (χ0v) is 27.8. The van der Waals surface area contributed by atoms with Gasteiger partial charge in [0.25, 0.3) is 0 Å². The summed E-state index contributed by atoms with van der Waals surface area (Å²) in [5, 5.41) is 10.8. The largest absolute Gasteiger partial charge is 0.394 e. The number of morpholine rings is 1. The summed E-state index contributed by atoms with van der Waals surface area (Å²) in [6, 6.07) is 8.41. The molecule has 5 rings (SSSR count). The Morgan fingerprint density at radius 3 is 2.38 bits per heavy atom. The van der Waals surface area contributed by atoms with Crippen LogP contribution in [0.5, 0.6) is 0 Å². The van der Waals surface area contributed by atoms with Crippen molar-refractivity contribution in [3.63, 3.8) is 0 Å². The summed E-state index contributed by atoms with van der Waals surface area (Å²) >= 11 is 1.68. The molecular formula is C35H50N4O5S. The fraction of sp³-hybridized carbons (Fsp3) is 0.629. The Morgan fingerprint density at radius 1 is 1.09 bits per heavy atom. The summed E-state index contributed by atoms with van der Waals surface area (Å²) in [4.78, 5) is 51.8. The summed E-state index contributed by atoms with van der Waals surface area (Å²) in [5.74, 6) is -1.51. The first-order valence-corrected chi connectivity index (χ1v) is 17.3. The molecule has 4 aliphatic rings. The highest BCUT2D eigenvalue weighted by molar-refractivity contribution is 8.02. The number of rotatable bonds is 15. The Bertz CT molecular complexity index is 1240. The normalized spacial score (nSPS) is 29.8. The molecule has 0 aromatic heterocycles. The zero-order valence-electron chi connectivity index (χ0n) is 26.9. The lowest BCUT2D eigenvalue weighted by Gasteiger charge is -2.40. The van der Waals surface area contributed by atoms with E-state index in [4.69, 9.17) is 4.74 Å². The number of amides is 3. The zero-order chi connectivity index (χ0) is 32.2. The molecule has 4 heterocycles. The van der Waals surface area contributed by atoms with Crippen LogP contribution < -0.4 is 0 Å². The molecule has 6 atom stereocenters. The highest BCUT2D eigenvalue weighted by Gasteiger charge is 2.78. The van der Waals surface area contributed by atoms with E-state index in [9.17, 15) is 19.5 Å². The highest BCUT2D eigenvalue weighted by Crippen LogP contribution is 2.72. The van der Waals surface area contributed by atoms with Crippen LogP contribution >= 0.6 is 11.8 Å². The SMILES string of the molecule is C=CCN(CCN1CCOCC1)C(=O)C1N([C@@H](CO)Cc2ccccc2)C(=O)[C@@H]2[C@H](C(=O)N(CC=C)CCC)[C@]3(C)CCC12S3. The number of fused-ring (bicyclic) bond motifs is 1. The number of hydrogen-bond acceptors (Lipinski definition) is 7. The average Bonchev–Trinajstić information content (AvgIpc) is 3.62. The molecule has 0 aliphatic carbocycles. The van der Waals surface area contributed by atoms with Gasteiger partial charge in [0.2, 0.25) is 17.7 Å². The number of carbonyl (C=O) groups excluding carboxylic acids is 3. The van der Waals surface area contributed by atoms with Crippen LogP contribution in [0.2, 0.25) is 0 Å². The summed E-state index contributed by atoms with van der Waals surface area (Å²) in [6.45, 7) is 17.3. The van der Waals surface area contributed by atoms with Crippen LogP contribution in [0.15, 0.2) is 55.6 Å². The van der Waals surface area contributed by atoms with Gasteiger partial charge in [-0.2, -0.15) is 0 Å². The maximum atomic E-state index is 14.9. The van der Waals surface area contributed by atoms with Gasteiger partial charge in [-0.25, -0.2) is 0 Å². The molecule has 10 heteroatoms. The molecule has 1 aromatic rings. The third kappa shape index (κ3) is 6.35. The molecule has 1 aromatic carbocycles. The molecule has 246 valence electrons. The van der Waals surface area contributed by atoms with Crippen molar-refractivity contribution in [3.8, 4) is 0 Å². The maximum absolute atomic E-state index is 14.9. The molecule has 4 fully saturated rings. The van der Waals surface area contributed by atoms with Crippen molar-refractivity contribution >= 4 is 29.5 Å². The average molecular weight is 639 g/mol. The molecule has 3 amide bonds. The van der Waals surface area contributed by atoms with E-state index >= 15 is 0 Å². The van der Waals surface area contributed by atoms with Gasteiger partial charge in [0.15, 0.2) is 0 Å². The lowest BCUT2D eigenvalue weighted by molar-refractivity contribution is -0.147. The van der Waals surface area contributed by atoms with Crippen LogP contribution in [-0.4, -0.2) is 130 Å². The fourth-order valence-corrected chi connectivity index (χ4v) is 10.5. The van der Waals surface area contributed by atoms with Gasteiger partial charge in [-0.05, 0) is 38.2 Å². The number of aliphatic hydroxyl groups excluding tert-OH is 1. The van der Waals surface area contributed by atoms with Gasteiger partial charge in [-0.1, -0.05) is 49.4 Å². The van der Waals surface area contributed by atoms with Gasteiger partial charge in [-0.15, -0.1) is 24.9 Å². The van der Waals surface area contributed by atoms with Crippen molar-refractivity contribution in [2.24, 2.45) is 11.8 Å². The predicted octanol–water partition coefficient (Wildman–Crippen LogP) is 2.84. The quantitative estimate of drug-likeness (QED) is 0.296. The van der Waals surface area contributed by atoms with E-state index in [1.807, 2.05) is 47.1 Å². The standard InChI is InChI=1S/C35H50N4O5S/c1-5-15-37(16-6-2)31(41)28-29-32(42)39(27(25-40)24-26-11-9-8-10-12-26)30(35(29)14-13-34(28,4)45-35)33(43)38(17-7-3)19-18-36-20-22-44-23-21-36/h5,7-12,27-30,40H,1,3,6,13-25H2,2,4H3/t27-,28-,29+,30?,34+,35?/m1/s1. The van der Waals surface area contributed by atoms with Gasteiger partial charge in [-0.3, -0.25) is 19.3 Å². The molecule has 0 saturated carbocycles. The minimum Gasteiger partial charge on any atom is -0.394 e. The van der Waals surface area contributed by atoms with E-state index < -0.39 is 33.4 Å². The highest BCUT2D eigenvalue weighted by atomic mass is 32.2. The Kier molecular flexibility index (Phi) is 10.8. The summed E-state index contributed by atoms with van der Waals surface area (Å²) < 4.78 is 4.31. The lowest BCUT2D eigenvalue weighted by atomic mass is 9.66. The Labute approximate surface area is 272 Å². The van der Waals surface area contributed by atoms with Crippen molar-refractivity contribution in [3.05, 3.63) is 61.2 Å². The smallest absolute Gasteiger partial charge is 0.247 e. The maximum Gasteiger partial charge on any atom is 0.247 e. The Morgan fingerprint density at radius 2 is 1.76 bits per heavy atom. The molecule has 4 aliphatic heterocycles. The minimum absolute atomic E-state index is 0.0291. The van der Waals surface area contributed by atoms with Crippen LogP contribution in [0.4, 0.5) is 0 Å². The number of hydrogen-bond donors (Lipinski definition) is 1. The molecule has 0 radical (unpaired) electrons. The van der Waals surface area contributed by atoms with E-state index in [2.05, 4.69) is 25.0 Å². The number of carbonyl (C=O) groups is 3. The van der Waals surface area contributed by atoms with Gasteiger partial charge in [0.1, 0.15) is 6.04 Å². The summed E-state index contributed by atoms with van der Waals surface area (Å²) in [5.41, 5.74) is 0.983. The first-order chi connectivity index (χ1) is 21.7. The molecule has 45 heavy (non-hydrogen) atoms. The Hall–Kier alpha value is -2.66. The molecule has 9 nitrogen and oxygen atoms in total. The molecule has 4 saturated heterocycles. The second-order valence-corrected chi connectivity index (χ2v) is 15.0. The van der Waals surface area contributed by atoms with E-state index in [0.717, 1.165) is 31.5 Å². The molecular weight excluding hydrogens is 588 g/mol. The van der Waals surface area contributed by atoms with Gasteiger partial charge >= 0.3 is 0 Å². The van der Waals surface area contributed by atoms with Gasteiger partial charge in [0, 0.05) is 50.6 Å². The summed E-state index contributed by atoms with van der Waals surface area (Å²) in [6.07, 6.45) is 6.13. The number of ether oxygens (including phenoxy) is 1. The van der Waals surface area contributed by atoms with E-state index in [-0.39, 0.29) is 24.3 Å².